The molecule has 0 aromatic heterocycles. The van der Waals surface area contributed by atoms with Crippen LogP contribution in [0.3, 0.4) is 0 Å². The van der Waals surface area contributed by atoms with Crippen LogP contribution in [0.15, 0.2) is 5.16 Å². The summed E-state index contributed by atoms with van der Waals surface area (Å²) in [5, 5.41) is 4.06. The van der Waals surface area contributed by atoms with Gasteiger partial charge in [-0.2, -0.15) is 0 Å². The lowest BCUT2D eigenvalue weighted by Crippen LogP contribution is -2.62. The molecule has 0 heterocycles. The van der Waals surface area contributed by atoms with E-state index in [0.29, 0.717) is 13.2 Å². The van der Waals surface area contributed by atoms with Crippen molar-refractivity contribution < 1.29 is 22.5 Å². The lowest BCUT2D eigenvalue weighted by Gasteiger charge is -2.46. The largest absolute Gasteiger partial charge is 0.415 e. The lowest BCUT2D eigenvalue weighted by atomic mass is 10.00. The zero-order valence-corrected chi connectivity index (χ0v) is 24.6. The second kappa shape index (κ2) is 10.5. The van der Waals surface area contributed by atoms with Gasteiger partial charge >= 0.3 is 0 Å². The van der Waals surface area contributed by atoms with Gasteiger partial charge in [0.25, 0.3) is 0 Å². The molecule has 0 saturated carbocycles. The number of oxime groups is 1. The minimum absolute atomic E-state index is 0.404. The van der Waals surface area contributed by atoms with Crippen molar-refractivity contribution in [1.82, 2.24) is 0 Å². The molecule has 0 amide bonds. The van der Waals surface area contributed by atoms with Crippen LogP contribution in [0.5, 0.6) is 0 Å². The fourth-order valence-corrected chi connectivity index (χ4v) is 6.23. The van der Waals surface area contributed by atoms with Gasteiger partial charge in [0.2, 0.25) is 0 Å². The van der Waals surface area contributed by atoms with Crippen LogP contribution in [0, 0.1) is 0 Å². The fourth-order valence-electron chi connectivity index (χ4n) is 2.38. The van der Waals surface area contributed by atoms with Gasteiger partial charge in [-0.3, -0.25) is 0 Å². The molecule has 10 heteroatoms. The quantitative estimate of drug-likeness (QED) is 0.213. The van der Waals surface area contributed by atoms with Gasteiger partial charge in [0, 0.05) is 0 Å². The fraction of sp³-hybridized carbons (Fsp3) is 0.944. The summed E-state index contributed by atoms with van der Waals surface area (Å²) in [6, 6.07) is 0. The van der Waals surface area contributed by atoms with Crippen molar-refractivity contribution in [2.24, 2.45) is 5.16 Å². The number of nitrogens with zero attached hydrogens (tertiary/aromatic N) is 1. The molecule has 0 radical (unpaired) electrons. The molecule has 0 aliphatic carbocycles. The van der Waals surface area contributed by atoms with Crippen molar-refractivity contribution >= 4 is 39.5 Å². The Labute approximate surface area is 177 Å². The first kappa shape index (κ1) is 28.2. The Morgan fingerprint density at radius 3 is 1.43 bits per heavy atom. The van der Waals surface area contributed by atoms with E-state index in [0.717, 1.165) is 0 Å². The first-order valence-corrected chi connectivity index (χ1v) is 23.6. The van der Waals surface area contributed by atoms with Crippen molar-refractivity contribution in [2.75, 3.05) is 20.3 Å². The maximum atomic E-state index is 6.81. The third kappa shape index (κ3) is 13.4. The molecule has 0 bridgehead atoms. The Hall–Kier alpha value is 0.178. The Morgan fingerprint density at radius 1 is 0.714 bits per heavy atom. The SMILES string of the molecule is CON=C[C@@H](O[Si](C)(C)C)C(CO[Si](C)(C)C)(CO[Si](C)(C)C)O[Si](C)(C)C. The summed E-state index contributed by atoms with van der Waals surface area (Å²) in [5.74, 6) is 0. The van der Waals surface area contributed by atoms with Crippen molar-refractivity contribution in [3.05, 3.63) is 0 Å². The molecule has 0 aromatic carbocycles. The first-order chi connectivity index (χ1) is 12.3. The molecule has 0 aliphatic heterocycles. The van der Waals surface area contributed by atoms with Crippen molar-refractivity contribution in [2.45, 2.75) is 90.3 Å². The maximum Gasteiger partial charge on any atom is 0.184 e. The minimum atomic E-state index is -1.96. The third-order valence-electron chi connectivity index (χ3n) is 3.31. The van der Waals surface area contributed by atoms with Gasteiger partial charge in [-0.1, -0.05) is 5.16 Å². The van der Waals surface area contributed by atoms with Gasteiger partial charge in [0.15, 0.2) is 33.3 Å². The topological polar surface area (TPSA) is 58.5 Å². The molecular formula is C18H45NO5Si4. The monoisotopic (exact) mass is 467 g/mol. The zero-order valence-electron chi connectivity index (χ0n) is 20.6. The predicted octanol–water partition coefficient (Wildman–Crippen LogP) is 5.13. The van der Waals surface area contributed by atoms with Crippen LogP contribution >= 0.6 is 0 Å². The second-order valence-corrected chi connectivity index (χ2v) is 29.1. The standard InChI is InChI=1S/C18H45NO5Si4/c1-20-19-14-17(23-27(8,9)10)18(24-28(11,12)13,15-21-25(2,3)4)16-22-26(5,6)7/h14,17H,15-16H2,1-13H3/t17-/m1/s1. The second-order valence-electron chi connectivity index (χ2n) is 11.2. The summed E-state index contributed by atoms with van der Waals surface area (Å²) in [4.78, 5) is 5.00. The molecule has 0 saturated heterocycles. The first-order valence-electron chi connectivity index (χ1n) is 10.0. The van der Waals surface area contributed by atoms with Crippen LogP contribution in [0.4, 0.5) is 0 Å². The van der Waals surface area contributed by atoms with E-state index in [2.05, 4.69) is 83.7 Å². The Morgan fingerprint density at radius 2 is 1.14 bits per heavy atom. The summed E-state index contributed by atoms with van der Waals surface area (Å²) >= 11 is 0. The molecule has 28 heavy (non-hydrogen) atoms. The van der Waals surface area contributed by atoms with E-state index in [1.165, 1.54) is 0 Å². The van der Waals surface area contributed by atoms with Crippen LogP contribution < -0.4 is 0 Å². The molecule has 1 atom stereocenters. The van der Waals surface area contributed by atoms with Crippen LogP contribution in [0.2, 0.25) is 78.6 Å². The Bertz CT molecular complexity index is 472. The molecule has 0 spiro atoms. The molecule has 0 N–H and O–H groups in total. The number of hydrogen-bond acceptors (Lipinski definition) is 6. The molecule has 6 nitrogen and oxygen atoms in total. The van der Waals surface area contributed by atoms with Gasteiger partial charge in [-0.05, 0) is 78.6 Å². The highest BCUT2D eigenvalue weighted by Crippen LogP contribution is 2.29. The van der Waals surface area contributed by atoms with Crippen LogP contribution in [-0.4, -0.2) is 71.5 Å². The lowest BCUT2D eigenvalue weighted by molar-refractivity contribution is -0.0793. The summed E-state index contributed by atoms with van der Waals surface area (Å²) in [5.41, 5.74) is -0.757. The Balaban J connectivity index is 6.25. The minimum Gasteiger partial charge on any atom is -0.415 e. The molecule has 168 valence electrons. The third-order valence-corrected chi connectivity index (χ3v) is 7.31. The van der Waals surface area contributed by atoms with Gasteiger partial charge < -0.3 is 22.5 Å². The highest BCUT2D eigenvalue weighted by Gasteiger charge is 2.47. The van der Waals surface area contributed by atoms with Crippen molar-refractivity contribution in [1.29, 1.82) is 0 Å². The molecule has 0 aromatic rings. The van der Waals surface area contributed by atoms with Crippen molar-refractivity contribution in [3.63, 3.8) is 0 Å². The van der Waals surface area contributed by atoms with E-state index in [1.807, 2.05) is 0 Å². The van der Waals surface area contributed by atoms with Gasteiger partial charge in [0.1, 0.15) is 18.8 Å². The van der Waals surface area contributed by atoms with Crippen molar-refractivity contribution in [3.8, 4) is 0 Å². The van der Waals surface area contributed by atoms with Crippen LogP contribution in [0.25, 0.3) is 0 Å². The van der Waals surface area contributed by atoms with E-state index in [9.17, 15) is 0 Å². The summed E-state index contributed by atoms with van der Waals surface area (Å²) < 4.78 is 26.1. The summed E-state index contributed by atoms with van der Waals surface area (Å²) in [6.45, 7) is 27.0. The zero-order chi connectivity index (χ0) is 22.4. The normalized spacial score (nSPS) is 15.9. The predicted molar refractivity (Wildman–Crippen MR) is 129 cm³/mol. The average molecular weight is 468 g/mol. The maximum absolute atomic E-state index is 6.81. The van der Waals surface area contributed by atoms with Gasteiger partial charge in [-0.15, -0.1) is 0 Å². The molecule has 0 fully saturated rings. The molecular weight excluding hydrogens is 423 g/mol. The van der Waals surface area contributed by atoms with E-state index < -0.39 is 45.0 Å². The highest BCUT2D eigenvalue weighted by atomic mass is 28.4. The van der Waals surface area contributed by atoms with Gasteiger partial charge in [-0.25, -0.2) is 0 Å². The van der Waals surface area contributed by atoms with Gasteiger partial charge in [0.05, 0.1) is 19.4 Å². The number of hydrogen-bond donors (Lipinski definition) is 0. The average Bonchev–Trinajstić information content (AvgIpc) is 2.42. The van der Waals surface area contributed by atoms with E-state index in [1.54, 1.807) is 13.3 Å². The molecule has 0 aliphatic rings. The van der Waals surface area contributed by atoms with E-state index in [4.69, 9.17) is 22.5 Å². The highest BCUT2D eigenvalue weighted by molar-refractivity contribution is 6.71. The summed E-state index contributed by atoms with van der Waals surface area (Å²) in [6.07, 6.45) is 1.32. The number of rotatable bonds is 13. The molecule has 0 rings (SSSR count). The van der Waals surface area contributed by atoms with E-state index in [-0.39, 0.29) is 0 Å². The van der Waals surface area contributed by atoms with Crippen LogP contribution in [-0.2, 0) is 22.5 Å². The molecule has 0 unspecified atom stereocenters. The van der Waals surface area contributed by atoms with Crippen LogP contribution in [0.1, 0.15) is 0 Å². The Kier molecular flexibility index (Phi) is 10.5. The summed E-state index contributed by atoms with van der Waals surface area (Å²) in [7, 11) is -5.89. The van der Waals surface area contributed by atoms with E-state index >= 15 is 0 Å². The smallest absolute Gasteiger partial charge is 0.184 e.